The second-order valence-electron chi connectivity index (χ2n) is 10.1. The topological polar surface area (TPSA) is 88.8 Å². The molecule has 1 aromatic carbocycles. The average molecular weight is 538 g/mol. The third kappa shape index (κ3) is 19.4. The predicted octanol–water partition coefficient (Wildman–Crippen LogP) is 9.50. The Morgan fingerprint density at radius 2 is 1.32 bits per heavy atom. The molecule has 0 heterocycles. The van der Waals surface area contributed by atoms with E-state index in [1.54, 1.807) is 24.3 Å². The summed E-state index contributed by atoms with van der Waals surface area (Å²) >= 11 is 0. The molecule has 0 saturated carbocycles. The molecule has 1 rings (SSSR count). The van der Waals surface area contributed by atoms with Crippen LogP contribution in [0, 0.1) is 11.3 Å². The van der Waals surface area contributed by atoms with Crippen LogP contribution in [0.4, 0.5) is 0 Å². The summed E-state index contributed by atoms with van der Waals surface area (Å²) in [7, 11) is -2.91. The maximum absolute atomic E-state index is 11.7. The van der Waals surface area contributed by atoms with Crippen LogP contribution in [0.5, 0.6) is 5.75 Å². The van der Waals surface area contributed by atoms with E-state index in [0.29, 0.717) is 17.7 Å². The smallest absolute Gasteiger partial charge is 0.472 e. The number of benzene rings is 1. The highest BCUT2D eigenvalue weighted by Crippen LogP contribution is 2.42. The second kappa shape index (κ2) is 22.6. The Morgan fingerprint density at radius 3 is 1.78 bits per heavy atom. The van der Waals surface area contributed by atoms with E-state index in [1.807, 2.05) is 0 Å². The van der Waals surface area contributed by atoms with Crippen LogP contribution in [-0.2, 0) is 13.6 Å². The van der Waals surface area contributed by atoms with Gasteiger partial charge in [-0.2, -0.15) is 5.26 Å². The number of nitriles is 1. The van der Waals surface area contributed by atoms with Crippen LogP contribution < -0.4 is 4.74 Å². The molecule has 0 aromatic heterocycles. The number of hydrogen-bond donors (Lipinski definition) is 1. The van der Waals surface area contributed by atoms with Crippen molar-refractivity contribution in [1.29, 1.82) is 5.26 Å². The van der Waals surface area contributed by atoms with Crippen molar-refractivity contribution in [2.75, 3.05) is 13.7 Å². The highest BCUT2D eigenvalue weighted by Gasteiger charge is 2.22. The zero-order chi connectivity index (χ0) is 27.0. The minimum atomic E-state index is -4.06. The highest BCUT2D eigenvalue weighted by atomic mass is 31.2. The van der Waals surface area contributed by atoms with Crippen LogP contribution in [-0.4, -0.2) is 24.7 Å². The van der Waals surface area contributed by atoms with E-state index in [0.717, 1.165) is 20.0 Å². The van der Waals surface area contributed by atoms with Crippen LogP contribution in [0.25, 0.3) is 0 Å². The monoisotopic (exact) mass is 537 g/mol. The van der Waals surface area contributed by atoms with Crippen molar-refractivity contribution in [3.8, 4) is 11.8 Å². The Hall–Kier alpha value is -1.38. The number of nitrogens with zero attached hydrogens (tertiary/aromatic N) is 1. The van der Waals surface area contributed by atoms with Gasteiger partial charge in [-0.05, 0) is 31.0 Å². The van der Waals surface area contributed by atoms with Gasteiger partial charge in [0.25, 0.3) is 0 Å². The van der Waals surface area contributed by atoms with Crippen LogP contribution in [0.1, 0.15) is 134 Å². The minimum Gasteiger partial charge on any atom is -0.488 e. The molecular formula is C30H52NO5P. The van der Waals surface area contributed by atoms with Gasteiger partial charge in [0.2, 0.25) is 0 Å². The lowest BCUT2D eigenvalue weighted by Gasteiger charge is -2.20. The zero-order valence-electron chi connectivity index (χ0n) is 23.5. The number of hydrogen-bond acceptors (Lipinski definition) is 5. The standard InChI is InChI=1S/C30H52NO5P/c1-3-4-5-6-7-8-9-10-11-12-13-14-15-16-17-18-19-20-23-30(27-35-37(32,33)34-2)36-29-24-21-22-28(25-29)26-31/h21-22,24-25,30H,3-20,23,27H2,1-2H3,(H,32,33)/t30-/m1/s1. The fourth-order valence-corrected chi connectivity index (χ4v) is 4.97. The van der Waals surface area contributed by atoms with E-state index in [1.165, 1.54) is 103 Å². The molecule has 37 heavy (non-hydrogen) atoms. The molecule has 0 fully saturated rings. The number of ether oxygens (including phenoxy) is 1. The number of rotatable bonds is 25. The number of phosphoric acid groups is 1. The van der Waals surface area contributed by atoms with Crippen LogP contribution in [0.3, 0.4) is 0 Å². The zero-order valence-corrected chi connectivity index (χ0v) is 24.4. The van der Waals surface area contributed by atoms with E-state index in [-0.39, 0.29) is 12.7 Å². The molecule has 0 bridgehead atoms. The van der Waals surface area contributed by atoms with Crippen LogP contribution in [0.15, 0.2) is 24.3 Å². The molecule has 1 N–H and O–H groups in total. The molecular weight excluding hydrogens is 485 g/mol. The Morgan fingerprint density at radius 1 is 0.838 bits per heavy atom. The largest absolute Gasteiger partial charge is 0.488 e. The summed E-state index contributed by atoms with van der Waals surface area (Å²) in [5.74, 6) is 0.556. The van der Waals surface area contributed by atoms with E-state index < -0.39 is 7.82 Å². The summed E-state index contributed by atoms with van der Waals surface area (Å²) in [6, 6.07) is 9.00. The van der Waals surface area contributed by atoms with Gasteiger partial charge < -0.3 is 9.63 Å². The minimum absolute atomic E-state index is 0.0443. The van der Waals surface area contributed by atoms with E-state index in [9.17, 15) is 9.46 Å². The summed E-state index contributed by atoms with van der Waals surface area (Å²) in [4.78, 5) is 9.56. The Kier molecular flexibility index (Phi) is 20.5. The fraction of sp³-hybridized carbons (Fsp3) is 0.767. The third-order valence-corrected chi connectivity index (χ3v) is 7.74. The van der Waals surface area contributed by atoms with Crippen LogP contribution in [0.2, 0.25) is 0 Å². The summed E-state index contributed by atoms with van der Waals surface area (Å²) in [5, 5.41) is 9.09. The Labute approximate surface area is 226 Å². The van der Waals surface area contributed by atoms with Crippen molar-refractivity contribution in [3.05, 3.63) is 29.8 Å². The summed E-state index contributed by atoms with van der Waals surface area (Å²) in [6.07, 6.45) is 24.2. The lowest BCUT2D eigenvalue weighted by atomic mass is 10.0. The molecule has 212 valence electrons. The summed E-state index contributed by atoms with van der Waals surface area (Å²) < 4.78 is 27.2. The van der Waals surface area contributed by atoms with Gasteiger partial charge in [0.05, 0.1) is 18.2 Å². The van der Waals surface area contributed by atoms with Gasteiger partial charge in [-0.1, -0.05) is 122 Å². The highest BCUT2D eigenvalue weighted by molar-refractivity contribution is 7.47. The molecule has 0 amide bonds. The van der Waals surface area contributed by atoms with Crippen molar-refractivity contribution < 1.29 is 23.2 Å². The van der Waals surface area contributed by atoms with Crippen molar-refractivity contribution >= 4 is 7.82 Å². The Bertz CT molecular complexity index is 767. The predicted molar refractivity (Wildman–Crippen MR) is 152 cm³/mol. The SMILES string of the molecule is CCCCCCCCCCCCCCCCCCCC[C@H](COP(=O)(O)OC)Oc1cccc(C#N)c1. The first-order chi connectivity index (χ1) is 18.0. The van der Waals surface area contributed by atoms with E-state index in [2.05, 4.69) is 17.5 Å². The maximum Gasteiger partial charge on any atom is 0.472 e. The molecule has 7 heteroatoms. The van der Waals surface area contributed by atoms with Gasteiger partial charge in [0, 0.05) is 7.11 Å². The average Bonchev–Trinajstić information content (AvgIpc) is 2.91. The first-order valence-corrected chi connectivity index (χ1v) is 16.2. The van der Waals surface area contributed by atoms with Crippen molar-refractivity contribution in [2.24, 2.45) is 0 Å². The molecule has 0 saturated heterocycles. The van der Waals surface area contributed by atoms with Gasteiger partial charge in [-0.3, -0.25) is 9.05 Å². The maximum atomic E-state index is 11.7. The van der Waals surface area contributed by atoms with Crippen LogP contribution >= 0.6 is 7.82 Å². The van der Waals surface area contributed by atoms with Gasteiger partial charge >= 0.3 is 7.82 Å². The van der Waals surface area contributed by atoms with E-state index >= 15 is 0 Å². The summed E-state index contributed by atoms with van der Waals surface area (Å²) in [5.41, 5.74) is 0.509. The van der Waals surface area contributed by atoms with Gasteiger partial charge in [-0.25, -0.2) is 4.57 Å². The lowest BCUT2D eigenvalue weighted by molar-refractivity contribution is 0.0880. The normalized spacial score (nSPS) is 13.7. The van der Waals surface area contributed by atoms with Gasteiger partial charge in [0.1, 0.15) is 11.9 Å². The fourth-order valence-electron chi connectivity index (χ4n) is 4.51. The summed E-state index contributed by atoms with van der Waals surface area (Å²) in [6.45, 7) is 2.23. The first kappa shape index (κ1) is 33.6. The third-order valence-electron chi connectivity index (χ3n) is 6.80. The number of phosphoric ester groups is 1. The Balaban J connectivity index is 2.09. The molecule has 1 aromatic rings. The van der Waals surface area contributed by atoms with E-state index in [4.69, 9.17) is 14.5 Å². The van der Waals surface area contributed by atoms with Crippen molar-refractivity contribution in [1.82, 2.24) is 0 Å². The lowest BCUT2D eigenvalue weighted by Crippen LogP contribution is -2.23. The second-order valence-corrected chi connectivity index (χ2v) is 11.7. The quantitative estimate of drug-likeness (QED) is 0.0987. The molecule has 0 aliphatic heterocycles. The molecule has 1 unspecified atom stereocenters. The number of unbranched alkanes of at least 4 members (excludes halogenated alkanes) is 17. The molecule has 0 aliphatic carbocycles. The molecule has 6 nitrogen and oxygen atoms in total. The van der Waals surface area contributed by atoms with Crippen molar-refractivity contribution in [2.45, 2.75) is 135 Å². The van der Waals surface area contributed by atoms with Gasteiger partial charge in [-0.15, -0.1) is 0 Å². The molecule has 0 aliphatic rings. The molecule has 0 spiro atoms. The van der Waals surface area contributed by atoms with Gasteiger partial charge in [0.15, 0.2) is 0 Å². The molecule has 2 atom stereocenters. The first-order valence-electron chi connectivity index (χ1n) is 14.7. The van der Waals surface area contributed by atoms with Crippen molar-refractivity contribution in [3.63, 3.8) is 0 Å². The molecule has 0 radical (unpaired) electrons.